The van der Waals surface area contributed by atoms with E-state index in [0.29, 0.717) is 0 Å². The molecule has 0 aliphatic carbocycles. The molecule has 0 radical (unpaired) electrons. The van der Waals surface area contributed by atoms with Gasteiger partial charge in [-0.15, -0.1) is 0 Å². The van der Waals surface area contributed by atoms with Crippen LogP contribution in [0.25, 0.3) is 11.1 Å². The minimum Gasteiger partial charge on any atom is -0.497 e. The first-order valence-electron chi connectivity index (χ1n) is 5.34. The maximum Gasteiger partial charge on any atom is 0.118 e. The quantitative estimate of drug-likeness (QED) is 0.857. The topological polar surface area (TPSA) is 40.2 Å². The van der Waals surface area contributed by atoms with Gasteiger partial charge < -0.3 is 15.0 Å². The predicted octanol–water partition coefficient (Wildman–Crippen LogP) is 2.77. The summed E-state index contributed by atoms with van der Waals surface area (Å²) in [6, 6.07) is 9.97. The van der Waals surface area contributed by atoms with Crippen molar-refractivity contribution >= 4 is 5.82 Å². The fraction of sp³-hybridized carbons (Fsp3) is 0.231. The lowest BCUT2D eigenvalue weighted by atomic mass is 10.1. The van der Waals surface area contributed by atoms with Gasteiger partial charge >= 0.3 is 0 Å². The standard InChI is InChI=1S/C13H16N2O/c1-3-15-9-11(8-13(15)14)10-4-6-12(16-2)7-5-10/h4-9H,3,14H2,1-2H3. The first kappa shape index (κ1) is 10.6. The number of nitrogens with zero attached hydrogens (tertiary/aromatic N) is 1. The van der Waals surface area contributed by atoms with Crippen LogP contribution in [0, 0.1) is 0 Å². The van der Waals surface area contributed by atoms with Crippen LogP contribution in [0.5, 0.6) is 5.75 Å². The molecule has 0 saturated heterocycles. The average molecular weight is 216 g/mol. The first-order chi connectivity index (χ1) is 7.74. The number of hydrogen-bond donors (Lipinski definition) is 1. The maximum atomic E-state index is 5.88. The van der Waals surface area contributed by atoms with Crippen LogP contribution in [0.4, 0.5) is 5.82 Å². The van der Waals surface area contributed by atoms with Crippen LogP contribution in [0.15, 0.2) is 36.5 Å². The average Bonchev–Trinajstić information content (AvgIpc) is 2.71. The van der Waals surface area contributed by atoms with E-state index in [1.807, 2.05) is 34.9 Å². The number of nitrogen functional groups attached to an aromatic ring is 1. The summed E-state index contributed by atoms with van der Waals surface area (Å²) in [6.07, 6.45) is 2.07. The van der Waals surface area contributed by atoms with E-state index >= 15 is 0 Å². The van der Waals surface area contributed by atoms with Crippen LogP contribution in [0.3, 0.4) is 0 Å². The smallest absolute Gasteiger partial charge is 0.118 e. The number of ether oxygens (including phenoxy) is 1. The normalized spacial score (nSPS) is 10.4. The van der Waals surface area contributed by atoms with Gasteiger partial charge in [0.1, 0.15) is 11.6 Å². The van der Waals surface area contributed by atoms with Gasteiger partial charge in [-0.1, -0.05) is 12.1 Å². The lowest BCUT2D eigenvalue weighted by Crippen LogP contribution is -1.97. The van der Waals surface area contributed by atoms with Crippen LogP contribution in [0.2, 0.25) is 0 Å². The maximum absolute atomic E-state index is 5.88. The predicted molar refractivity (Wildman–Crippen MR) is 66.5 cm³/mol. The highest BCUT2D eigenvalue weighted by Crippen LogP contribution is 2.25. The van der Waals surface area contributed by atoms with Gasteiger partial charge in [-0.2, -0.15) is 0 Å². The first-order valence-corrected chi connectivity index (χ1v) is 5.34. The summed E-state index contributed by atoms with van der Waals surface area (Å²) in [6.45, 7) is 2.97. The summed E-state index contributed by atoms with van der Waals surface area (Å²) < 4.78 is 7.15. The molecule has 0 saturated carbocycles. The molecule has 16 heavy (non-hydrogen) atoms. The molecule has 1 aromatic carbocycles. The summed E-state index contributed by atoms with van der Waals surface area (Å²) in [7, 11) is 1.67. The number of methoxy groups -OCH3 is 1. The van der Waals surface area contributed by atoms with Crippen molar-refractivity contribution in [3.63, 3.8) is 0 Å². The molecule has 0 bridgehead atoms. The van der Waals surface area contributed by atoms with Gasteiger partial charge in [-0.3, -0.25) is 0 Å². The molecule has 0 unspecified atom stereocenters. The number of anilines is 1. The molecule has 0 atom stereocenters. The Morgan fingerprint density at radius 3 is 2.38 bits per heavy atom. The summed E-state index contributed by atoms with van der Waals surface area (Å²) in [5.74, 6) is 1.67. The lowest BCUT2D eigenvalue weighted by molar-refractivity contribution is 0.415. The molecule has 2 aromatic rings. The Labute approximate surface area is 95.5 Å². The molecule has 0 amide bonds. The number of aromatic nitrogens is 1. The molecule has 0 fully saturated rings. The third-order valence-electron chi connectivity index (χ3n) is 2.69. The Balaban J connectivity index is 2.34. The summed E-state index contributed by atoms with van der Waals surface area (Å²) in [5.41, 5.74) is 8.18. The van der Waals surface area contributed by atoms with E-state index in [4.69, 9.17) is 10.5 Å². The molecule has 2 rings (SSSR count). The zero-order chi connectivity index (χ0) is 11.5. The van der Waals surface area contributed by atoms with Gasteiger partial charge in [-0.25, -0.2) is 0 Å². The number of rotatable bonds is 3. The molecular formula is C13H16N2O. The van der Waals surface area contributed by atoms with E-state index in [2.05, 4.69) is 13.1 Å². The summed E-state index contributed by atoms with van der Waals surface area (Å²) >= 11 is 0. The monoisotopic (exact) mass is 216 g/mol. The zero-order valence-corrected chi connectivity index (χ0v) is 9.60. The third kappa shape index (κ3) is 1.89. The highest BCUT2D eigenvalue weighted by atomic mass is 16.5. The van der Waals surface area contributed by atoms with Crippen molar-refractivity contribution in [3.8, 4) is 16.9 Å². The highest BCUT2D eigenvalue weighted by Gasteiger charge is 2.03. The van der Waals surface area contributed by atoms with Crippen LogP contribution in [0.1, 0.15) is 6.92 Å². The SMILES string of the molecule is CCn1cc(-c2ccc(OC)cc2)cc1N. The molecule has 0 spiro atoms. The van der Waals surface area contributed by atoms with Crippen LogP contribution >= 0.6 is 0 Å². The van der Waals surface area contributed by atoms with Crippen molar-refractivity contribution in [2.75, 3.05) is 12.8 Å². The van der Waals surface area contributed by atoms with Crippen molar-refractivity contribution in [1.29, 1.82) is 0 Å². The Morgan fingerprint density at radius 1 is 1.19 bits per heavy atom. The van der Waals surface area contributed by atoms with Gasteiger partial charge in [0.2, 0.25) is 0 Å². The Morgan fingerprint density at radius 2 is 1.88 bits per heavy atom. The van der Waals surface area contributed by atoms with Gasteiger partial charge in [0, 0.05) is 18.3 Å². The number of nitrogens with two attached hydrogens (primary N) is 1. The van der Waals surface area contributed by atoms with E-state index in [9.17, 15) is 0 Å². The molecule has 0 aliphatic rings. The second kappa shape index (κ2) is 4.31. The minimum absolute atomic E-state index is 0.799. The van der Waals surface area contributed by atoms with Gasteiger partial charge in [0.15, 0.2) is 0 Å². The van der Waals surface area contributed by atoms with Crippen LogP contribution in [-0.4, -0.2) is 11.7 Å². The second-order valence-electron chi connectivity index (χ2n) is 3.67. The van der Waals surface area contributed by atoms with Crippen molar-refractivity contribution in [1.82, 2.24) is 4.57 Å². The van der Waals surface area contributed by atoms with Crippen molar-refractivity contribution in [3.05, 3.63) is 36.5 Å². The molecule has 84 valence electrons. The van der Waals surface area contributed by atoms with E-state index in [1.165, 1.54) is 0 Å². The van der Waals surface area contributed by atoms with Gasteiger partial charge in [0.25, 0.3) is 0 Å². The lowest BCUT2D eigenvalue weighted by Gasteiger charge is -2.01. The van der Waals surface area contributed by atoms with E-state index in [0.717, 1.165) is 29.2 Å². The molecular weight excluding hydrogens is 200 g/mol. The minimum atomic E-state index is 0.799. The molecule has 3 nitrogen and oxygen atoms in total. The molecule has 0 aliphatic heterocycles. The van der Waals surface area contributed by atoms with E-state index in [-0.39, 0.29) is 0 Å². The zero-order valence-electron chi connectivity index (χ0n) is 9.60. The molecule has 1 aromatic heterocycles. The Bertz CT molecular complexity index is 471. The summed E-state index contributed by atoms with van der Waals surface area (Å²) in [5, 5.41) is 0. The molecule has 1 heterocycles. The van der Waals surface area contributed by atoms with Gasteiger partial charge in [-0.05, 0) is 30.7 Å². The summed E-state index contributed by atoms with van der Waals surface area (Å²) in [4.78, 5) is 0. The fourth-order valence-electron chi connectivity index (χ4n) is 1.74. The van der Waals surface area contributed by atoms with Crippen molar-refractivity contribution in [2.45, 2.75) is 13.5 Å². The van der Waals surface area contributed by atoms with E-state index < -0.39 is 0 Å². The van der Waals surface area contributed by atoms with Crippen LogP contribution in [-0.2, 0) is 6.54 Å². The molecule has 2 N–H and O–H groups in total. The third-order valence-corrected chi connectivity index (χ3v) is 2.69. The van der Waals surface area contributed by atoms with E-state index in [1.54, 1.807) is 7.11 Å². The van der Waals surface area contributed by atoms with Crippen molar-refractivity contribution < 1.29 is 4.74 Å². The highest BCUT2D eigenvalue weighted by molar-refractivity contribution is 5.67. The molecule has 3 heteroatoms. The van der Waals surface area contributed by atoms with Crippen molar-refractivity contribution in [2.24, 2.45) is 0 Å². The van der Waals surface area contributed by atoms with Crippen LogP contribution < -0.4 is 10.5 Å². The fourth-order valence-corrected chi connectivity index (χ4v) is 1.74. The number of hydrogen-bond acceptors (Lipinski definition) is 2. The Hall–Kier alpha value is -1.90. The Kier molecular flexibility index (Phi) is 2.86. The van der Waals surface area contributed by atoms with Gasteiger partial charge in [0.05, 0.1) is 7.11 Å². The second-order valence-corrected chi connectivity index (χ2v) is 3.67. The number of aryl methyl sites for hydroxylation is 1. The largest absolute Gasteiger partial charge is 0.497 e. The number of benzene rings is 1.